The summed E-state index contributed by atoms with van der Waals surface area (Å²) in [5.74, 6) is -0.705. The number of pyridine rings is 1. The van der Waals surface area contributed by atoms with Crippen molar-refractivity contribution in [3.8, 4) is 0 Å². The summed E-state index contributed by atoms with van der Waals surface area (Å²) in [6.45, 7) is 5.65. The average Bonchev–Trinajstić information content (AvgIpc) is 2.29. The first-order chi connectivity index (χ1) is 8.04. The minimum Gasteiger partial charge on any atom is -0.465 e. The van der Waals surface area contributed by atoms with Crippen molar-refractivity contribution in [3.63, 3.8) is 0 Å². The van der Waals surface area contributed by atoms with Gasteiger partial charge in [0.15, 0.2) is 0 Å². The molecule has 0 saturated heterocycles. The standard InChI is InChI=1S/C12H17FN2O2/c1-4-17-12(16)9(3)15-8(2)10-5-11(13)7-14-6-10/h5-9,15H,4H2,1-3H3. The molecular formula is C12H17FN2O2. The van der Waals surface area contributed by atoms with Gasteiger partial charge in [-0.1, -0.05) is 0 Å². The van der Waals surface area contributed by atoms with Gasteiger partial charge in [-0.15, -0.1) is 0 Å². The van der Waals surface area contributed by atoms with Crippen LogP contribution in [0.25, 0.3) is 0 Å². The normalized spacial score (nSPS) is 14.1. The van der Waals surface area contributed by atoms with Gasteiger partial charge >= 0.3 is 5.97 Å². The van der Waals surface area contributed by atoms with Gasteiger partial charge in [0.05, 0.1) is 12.8 Å². The minimum absolute atomic E-state index is 0.169. The molecule has 1 rings (SSSR count). The fourth-order valence-corrected chi connectivity index (χ4v) is 1.47. The molecule has 0 aromatic carbocycles. The summed E-state index contributed by atoms with van der Waals surface area (Å²) in [4.78, 5) is 15.2. The number of nitrogens with zero attached hydrogens (tertiary/aromatic N) is 1. The van der Waals surface area contributed by atoms with E-state index in [0.29, 0.717) is 12.2 Å². The smallest absolute Gasteiger partial charge is 0.322 e. The molecule has 4 nitrogen and oxygen atoms in total. The van der Waals surface area contributed by atoms with Crippen molar-refractivity contribution in [2.75, 3.05) is 6.61 Å². The zero-order chi connectivity index (χ0) is 12.8. The lowest BCUT2D eigenvalue weighted by molar-refractivity contribution is -0.145. The summed E-state index contributed by atoms with van der Waals surface area (Å²) < 4.78 is 17.8. The molecule has 0 radical (unpaired) electrons. The highest BCUT2D eigenvalue weighted by molar-refractivity contribution is 5.75. The second-order valence-electron chi connectivity index (χ2n) is 3.80. The van der Waals surface area contributed by atoms with Crippen LogP contribution in [-0.4, -0.2) is 23.6 Å². The Morgan fingerprint density at radius 1 is 1.53 bits per heavy atom. The molecule has 0 bridgehead atoms. The second kappa shape index (κ2) is 6.30. The van der Waals surface area contributed by atoms with Crippen molar-refractivity contribution >= 4 is 5.97 Å². The molecule has 0 aliphatic heterocycles. The Kier molecular flexibility index (Phi) is 5.03. The van der Waals surface area contributed by atoms with Crippen LogP contribution in [0.1, 0.15) is 32.4 Å². The van der Waals surface area contributed by atoms with Gasteiger partial charge in [-0.2, -0.15) is 0 Å². The SMILES string of the molecule is CCOC(=O)C(C)NC(C)c1cncc(F)c1. The Hall–Kier alpha value is -1.49. The van der Waals surface area contributed by atoms with Crippen LogP contribution >= 0.6 is 0 Å². The summed E-state index contributed by atoms with van der Waals surface area (Å²) in [5, 5.41) is 3.03. The molecule has 94 valence electrons. The quantitative estimate of drug-likeness (QED) is 0.798. The van der Waals surface area contributed by atoms with Crippen LogP contribution < -0.4 is 5.32 Å². The predicted octanol–water partition coefficient (Wildman–Crippen LogP) is 1.82. The van der Waals surface area contributed by atoms with Crippen LogP contribution in [0.4, 0.5) is 4.39 Å². The highest BCUT2D eigenvalue weighted by Crippen LogP contribution is 2.12. The van der Waals surface area contributed by atoms with Gasteiger partial charge in [0.25, 0.3) is 0 Å². The van der Waals surface area contributed by atoms with E-state index in [1.54, 1.807) is 20.0 Å². The zero-order valence-electron chi connectivity index (χ0n) is 10.2. The summed E-state index contributed by atoms with van der Waals surface area (Å²) in [6, 6.07) is 0.786. The molecule has 1 N–H and O–H groups in total. The topological polar surface area (TPSA) is 51.2 Å². The van der Waals surface area contributed by atoms with Crippen molar-refractivity contribution in [2.45, 2.75) is 32.9 Å². The van der Waals surface area contributed by atoms with Crippen molar-refractivity contribution in [2.24, 2.45) is 0 Å². The molecule has 17 heavy (non-hydrogen) atoms. The molecule has 1 heterocycles. The highest BCUT2D eigenvalue weighted by Gasteiger charge is 2.17. The summed E-state index contributed by atoms with van der Waals surface area (Å²) in [7, 11) is 0. The van der Waals surface area contributed by atoms with E-state index in [1.807, 2.05) is 6.92 Å². The van der Waals surface area contributed by atoms with Crippen LogP contribution in [0, 0.1) is 5.82 Å². The van der Waals surface area contributed by atoms with Crippen LogP contribution in [0.3, 0.4) is 0 Å². The van der Waals surface area contributed by atoms with Gasteiger partial charge in [-0.3, -0.25) is 15.1 Å². The fraction of sp³-hybridized carbons (Fsp3) is 0.500. The van der Waals surface area contributed by atoms with E-state index in [-0.39, 0.29) is 17.8 Å². The van der Waals surface area contributed by atoms with E-state index in [0.717, 1.165) is 6.20 Å². The third-order valence-corrected chi connectivity index (χ3v) is 2.37. The monoisotopic (exact) mass is 240 g/mol. The first-order valence-electron chi connectivity index (χ1n) is 5.57. The number of rotatable bonds is 5. The van der Waals surface area contributed by atoms with Crippen LogP contribution in [0.5, 0.6) is 0 Å². The second-order valence-corrected chi connectivity index (χ2v) is 3.80. The molecule has 0 amide bonds. The van der Waals surface area contributed by atoms with Gasteiger partial charge in [0.2, 0.25) is 0 Å². The van der Waals surface area contributed by atoms with E-state index < -0.39 is 6.04 Å². The van der Waals surface area contributed by atoms with Gasteiger partial charge in [-0.05, 0) is 32.4 Å². The molecule has 1 aromatic rings. The zero-order valence-corrected chi connectivity index (χ0v) is 10.2. The van der Waals surface area contributed by atoms with Crippen molar-refractivity contribution in [1.82, 2.24) is 10.3 Å². The first kappa shape index (κ1) is 13.6. The molecule has 1 aromatic heterocycles. The largest absolute Gasteiger partial charge is 0.465 e. The number of halogens is 1. The molecule has 0 aliphatic rings. The maximum Gasteiger partial charge on any atom is 0.322 e. The number of hydrogen-bond acceptors (Lipinski definition) is 4. The molecule has 2 unspecified atom stereocenters. The molecule has 5 heteroatoms. The Morgan fingerprint density at radius 2 is 2.24 bits per heavy atom. The number of hydrogen-bond donors (Lipinski definition) is 1. The van der Waals surface area contributed by atoms with E-state index in [9.17, 15) is 9.18 Å². The van der Waals surface area contributed by atoms with Crippen LogP contribution in [0.2, 0.25) is 0 Å². The number of aromatic nitrogens is 1. The Morgan fingerprint density at radius 3 is 2.82 bits per heavy atom. The fourth-order valence-electron chi connectivity index (χ4n) is 1.47. The Balaban J connectivity index is 2.60. The molecule has 0 aliphatic carbocycles. The van der Waals surface area contributed by atoms with Crippen molar-refractivity contribution in [1.29, 1.82) is 0 Å². The molecule has 0 fully saturated rings. The molecular weight excluding hydrogens is 223 g/mol. The van der Waals surface area contributed by atoms with Gasteiger partial charge < -0.3 is 4.74 Å². The van der Waals surface area contributed by atoms with Crippen molar-refractivity contribution in [3.05, 3.63) is 29.8 Å². The predicted molar refractivity (Wildman–Crippen MR) is 61.8 cm³/mol. The first-order valence-corrected chi connectivity index (χ1v) is 5.57. The molecule has 0 spiro atoms. The summed E-state index contributed by atoms with van der Waals surface area (Å²) in [5.41, 5.74) is 0.696. The van der Waals surface area contributed by atoms with Gasteiger partial charge in [0.1, 0.15) is 11.9 Å². The lowest BCUT2D eigenvalue weighted by atomic mass is 10.1. The number of ether oxygens (including phenoxy) is 1. The van der Waals surface area contributed by atoms with Crippen LogP contribution in [0.15, 0.2) is 18.5 Å². The number of esters is 1. The maximum absolute atomic E-state index is 13.0. The Bertz CT molecular complexity index is 385. The van der Waals surface area contributed by atoms with E-state index in [2.05, 4.69) is 10.3 Å². The van der Waals surface area contributed by atoms with E-state index >= 15 is 0 Å². The molecule has 2 atom stereocenters. The number of carbonyl (C=O) groups excluding carboxylic acids is 1. The minimum atomic E-state index is -0.437. The third kappa shape index (κ3) is 4.11. The van der Waals surface area contributed by atoms with Gasteiger partial charge in [-0.25, -0.2) is 4.39 Å². The number of carbonyl (C=O) groups is 1. The number of nitrogens with one attached hydrogen (secondary N) is 1. The third-order valence-electron chi connectivity index (χ3n) is 2.37. The summed E-state index contributed by atoms with van der Waals surface area (Å²) in [6.07, 6.45) is 2.71. The lowest BCUT2D eigenvalue weighted by Gasteiger charge is -2.18. The van der Waals surface area contributed by atoms with E-state index in [4.69, 9.17) is 4.74 Å². The molecule has 0 saturated carbocycles. The van der Waals surface area contributed by atoms with Crippen molar-refractivity contribution < 1.29 is 13.9 Å². The van der Waals surface area contributed by atoms with E-state index in [1.165, 1.54) is 6.07 Å². The summed E-state index contributed by atoms with van der Waals surface area (Å²) >= 11 is 0. The van der Waals surface area contributed by atoms with Gasteiger partial charge in [0, 0.05) is 12.2 Å². The lowest BCUT2D eigenvalue weighted by Crippen LogP contribution is -2.37. The average molecular weight is 240 g/mol. The maximum atomic E-state index is 13.0. The highest BCUT2D eigenvalue weighted by atomic mass is 19.1. The van der Waals surface area contributed by atoms with Crippen LogP contribution in [-0.2, 0) is 9.53 Å². The Labute approximate surface area is 100 Å².